The molecule has 3 heterocycles. The molecule has 0 saturated carbocycles. The summed E-state index contributed by atoms with van der Waals surface area (Å²) in [7, 11) is 0. The van der Waals surface area contributed by atoms with Gasteiger partial charge in [-0.1, -0.05) is 13.0 Å². The lowest BCUT2D eigenvalue weighted by atomic mass is 9.89. The number of carbonyl (C=O) groups is 3. The summed E-state index contributed by atoms with van der Waals surface area (Å²) in [4.78, 5) is 42.7. The standard InChI is InChI=1S/C23H26N4O4/c1-13-3-5-19(15-4-6-20-16(8-15)7-14(2)31-20)27(12-13)23(30)22(29)26-18-9-17(21(24)28)10-25-11-18/h4,6,8-11,13-14,19H,3,5,7,12H2,1-2H3,(H2,24,28)(H,26,29)/t13-,14+,19+/m1/s1. The average Bonchev–Trinajstić information content (AvgIpc) is 3.12. The lowest BCUT2D eigenvalue weighted by molar-refractivity contribution is -0.146. The van der Waals surface area contributed by atoms with Gasteiger partial charge in [-0.3, -0.25) is 19.4 Å². The number of hydrogen-bond donors (Lipinski definition) is 2. The number of fused-ring (bicyclic) bond motifs is 1. The van der Waals surface area contributed by atoms with Crippen molar-refractivity contribution < 1.29 is 19.1 Å². The average molecular weight is 422 g/mol. The maximum Gasteiger partial charge on any atom is 0.313 e. The number of benzene rings is 1. The Balaban J connectivity index is 1.54. The number of rotatable bonds is 3. The molecule has 3 N–H and O–H groups in total. The van der Waals surface area contributed by atoms with Gasteiger partial charge in [0, 0.05) is 19.2 Å². The zero-order valence-corrected chi connectivity index (χ0v) is 17.6. The van der Waals surface area contributed by atoms with E-state index in [2.05, 4.69) is 23.3 Å². The van der Waals surface area contributed by atoms with Crippen molar-refractivity contribution in [2.24, 2.45) is 11.7 Å². The molecule has 0 aliphatic carbocycles. The number of likely N-dealkylation sites (tertiary alicyclic amines) is 1. The first-order chi connectivity index (χ1) is 14.8. The van der Waals surface area contributed by atoms with Crippen LogP contribution in [0.2, 0.25) is 0 Å². The van der Waals surface area contributed by atoms with Crippen LogP contribution in [-0.2, 0) is 16.0 Å². The third kappa shape index (κ3) is 4.38. The minimum Gasteiger partial charge on any atom is -0.490 e. The molecular formula is C23H26N4O4. The molecule has 1 fully saturated rings. The summed E-state index contributed by atoms with van der Waals surface area (Å²) in [5.74, 6) is -0.843. The number of aromatic nitrogens is 1. The largest absolute Gasteiger partial charge is 0.490 e. The highest BCUT2D eigenvalue weighted by Gasteiger charge is 2.35. The van der Waals surface area contributed by atoms with Gasteiger partial charge in [-0.15, -0.1) is 0 Å². The fraction of sp³-hybridized carbons (Fsp3) is 0.391. The first-order valence-corrected chi connectivity index (χ1v) is 10.5. The van der Waals surface area contributed by atoms with Crippen molar-refractivity contribution in [2.75, 3.05) is 11.9 Å². The number of nitrogens with two attached hydrogens (primary N) is 1. The summed E-state index contributed by atoms with van der Waals surface area (Å²) in [5.41, 5.74) is 7.82. The molecule has 2 aliphatic heterocycles. The van der Waals surface area contributed by atoms with Crippen LogP contribution in [0, 0.1) is 5.92 Å². The summed E-state index contributed by atoms with van der Waals surface area (Å²) in [5, 5.41) is 2.55. The van der Waals surface area contributed by atoms with E-state index in [1.54, 1.807) is 4.90 Å². The summed E-state index contributed by atoms with van der Waals surface area (Å²) in [6.07, 6.45) is 5.42. The molecule has 2 aliphatic rings. The number of amides is 3. The predicted octanol–water partition coefficient (Wildman–Crippen LogP) is 2.44. The van der Waals surface area contributed by atoms with Gasteiger partial charge < -0.3 is 20.7 Å². The second kappa shape index (κ2) is 8.37. The number of nitrogens with one attached hydrogen (secondary N) is 1. The maximum atomic E-state index is 13.1. The smallest absolute Gasteiger partial charge is 0.313 e. The zero-order chi connectivity index (χ0) is 22.1. The molecule has 8 nitrogen and oxygen atoms in total. The van der Waals surface area contributed by atoms with Gasteiger partial charge in [0.15, 0.2) is 0 Å². The number of nitrogens with zero attached hydrogens (tertiary/aromatic N) is 2. The molecule has 4 rings (SSSR count). The van der Waals surface area contributed by atoms with E-state index in [0.29, 0.717) is 12.5 Å². The number of primary amides is 1. The van der Waals surface area contributed by atoms with Crippen molar-refractivity contribution >= 4 is 23.4 Å². The van der Waals surface area contributed by atoms with E-state index < -0.39 is 17.7 Å². The predicted molar refractivity (Wildman–Crippen MR) is 114 cm³/mol. The van der Waals surface area contributed by atoms with Gasteiger partial charge in [0.1, 0.15) is 11.9 Å². The van der Waals surface area contributed by atoms with Crippen LogP contribution in [-0.4, -0.2) is 40.3 Å². The van der Waals surface area contributed by atoms with Crippen molar-refractivity contribution in [3.63, 3.8) is 0 Å². The van der Waals surface area contributed by atoms with Crippen molar-refractivity contribution in [3.05, 3.63) is 53.3 Å². The van der Waals surface area contributed by atoms with Crippen molar-refractivity contribution in [1.82, 2.24) is 9.88 Å². The Kier molecular flexibility index (Phi) is 5.63. The quantitative estimate of drug-likeness (QED) is 0.738. The highest BCUT2D eigenvalue weighted by Crippen LogP contribution is 2.37. The van der Waals surface area contributed by atoms with Crippen molar-refractivity contribution in [1.29, 1.82) is 0 Å². The van der Waals surface area contributed by atoms with E-state index in [1.165, 1.54) is 18.5 Å². The van der Waals surface area contributed by atoms with Crippen LogP contribution in [0.25, 0.3) is 0 Å². The number of pyridine rings is 1. The van der Waals surface area contributed by atoms with Gasteiger partial charge in [-0.05, 0) is 55.0 Å². The van der Waals surface area contributed by atoms with E-state index in [-0.39, 0.29) is 23.4 Å². The van der Waals surface area contributed by atoms with Crippen LogP contribution in [0.4, 0.5) is 5.69 Å². The molecule has 0 spiro atoms. The Bertz CT molecular complexity index is 1040. The lowest BCUT2D eigenvalue weighted by Crippen LogP contribution is -2.46. The van der Waals surface area contributed by atoms with Gasteiger partial charge in [-0.25, -0.2) is 0 Å². The molecule has 3 atom stereocenters. The first kappa shape index (κ1) is 20.8. The zero-order valence-electron chi connectivity index (χ0n) is 17.6. The molecule has 1 aromatic heterocycles. The molecule has 3 amide bonds. The third-order valence-corrected chi connectivity index (χ3v) is 5.86. The summed E-state index contributed by atoms with van der Waals surface area (Å²) in [6, 6.07) is 7.26. The van der Waals surface area contributed by atoms with E-state index in [0.717, 1.165) is 36.1 Å². The molecule has 1 saturated heterocycles. The van der Waals surface area contributed by atoms with E-state index >= 15 is 0 Å². The van der Waals surface area contributed by atoms with Crippen LogP contribution >= 0.6 is 0 Å². The van der Waals surface area contributed by atoms with Crippen molar-refractivity contribution in [3.8, 4) is 5.75 Å². The van der Waals surface area contributed by atoms with Crippen molar-refractivity contribution in [2.45, 2.75) is 45.3 Å². The van der Waals surface area contributed by atoms with Crippen LogP contribution in [0.5, 0.6) is 5.75 Å². The summed E-state index contributed by atoms with van der Waals surface area (Å²) < 4.78 is 5.79. The topological polar surface area (TPSA) is 115 Å². The molecule has 0 bridgehead atoms. The third-order valence-electron chi connectivity index (χ3n) is 5.86. The van der Waals surface area contributed by atoms with E-state index in [9.17, 15) is 14.4 Å². The Morgan fingerprint density at radius 2 is 1.97 bits per heavy atom. The highest BCUT2D eigenvalue weighted by atomic mass is 16.5. The lowest BCUT2D eigenvalue weighted by Gasteiger charge is -2.38. The SMILES string of the molecule is C[C@@H]1CC[C@@H](c2ccc3c(c2)C[C@H](C)O3)N(C(=O)C(=O)Nc2cncc(C(N)=O)c2)C1. The number of hydrogen-bond acceptors (Lipinski definition) is 5. The second-order valence-electron chi connectivity index (χ2n) is 8.44. The Labute approximate surface area is 180 Å². The normalized spacial score (nSPS) is 22.4. The summed E-state index contributed by atoms with van der Waals surface area (Å²) >= 11 is 0. The molecule has 8 heteroatoms. The van der Waals surface area contributed by atoms with E-state index in [4.69, 9.17) is 10.5 Å². The number of piperidine rings is 1. The Morgan fingerprint density at radius 3 is 2.74 bits per heavy atom. The number of carbonyl (C=O) groups excluding carboxylic acids is 3. The molecular weight excluding hydrogens is 396 g/mol. The van der Waals surface area contributed by atoms with Crippen LogP contribution in [0.1, 0.15) is 54.2 Å². The van der Waals surface area contributed by atoms with Gasteiger partial charge in [0.2, 0.25) is 5.91 Å². The van der Waals surface area contributed by atoms with Gasteiger partial charge in [0.05, 0.1) is 23.5 Å². The van der Waals surface area contributed by atoms with Crippen LogP contribution in [0.15, 0.2) is 36.7 Å². The van der Waals surface area contributed by atoms with Crippen LogP contribution in [0.3, 0.4) is 0 Å². The number of ether oxygens (including phenoxy) is 1. The monoisotopic (exact) mass is 422 g/mol. The minimum absolute atomic E-state index is 0.143. The highest BCUT2D eigenvalue weighted by molar-refractivity contribution is 6.39. The Hall–Kier alpha value is -3.42. The number of anilines is 1. The Morgan fingerprint density at radius 1 is 1.16 bits per heavy atom. The first-order valence-electron chi connectivity index (χ1n) is 10.5. The molecule has 1 aromatic carbocycles. The fourth-order valence-corrected chi connectivity index (χ4v) is 4.33. The van der Waals surface area contributed by atoms with Gasteiger partial charge >= 0.3 is 11.8 Å². The van der Waals surface area contributed by atoms with Gasteiger partial charge in [0.25, 0.3) is 0 Å². The van der Waals surface area contributed by atoms with Gasteiger partial charge in [-0.2, -0.15) is 0 Å². The molecule has 2 aromatic rings. The molecule has 0 radical (unpaired) electrons. The maximum absolute atomic E-state index is 13.1. The molecule has 0 unspecified atom stereocenters. The molecule has 162 valence electrons. The van der Waals surface area contributed by atoms with E-state index in [1.807, 2.05) is 19.1 Å². The fourth-order valence-electron chi connectivity index (χ4n) is 4.33. The second-order valence-corrected chi connectivity index (χ2v) is 8.44. The minimum atomic E-state index is -0.763. The molecule has 31 heavy (non-hydrogen) atoms. The van der Waals surface area contributed by atoms with Crippen LogP contribution < -0.4 is 15.8 Å². The summed E-state index contributed by atoms with van der Waals surface area (Å²) in [6.45, 7) is 4.61.